The highest BCUT2D eigenvalue weighted by molar-refractivity contribution is 6.34. The third kappa shape index (κ3) is 5.64. The van der Waals surface area contributed by atoms with E-state index in [1.807, 2.05) is 24.3 Å². The van der Waals surface area contributed by atoms with Crippen LogP contribution < -0.4 is 0 Å². The van der Waals surface area contributed by atoms with Gasteiger partial charge in [0.2, 0.25) is 0 Å². The standard InChI is InChI=1S/C29H31ClN4O/c1-22-11-13-24(14-12-22)28-19-27(25-9-5-6-10-26(25)30)31-34(28)29(35)21-33-17-15-32(16-18-33)20-23-7-3-2-4-8-23/h2-14,28H,15-21H2,1H3/t28-/m1/s1. The molecular formula is C29H31ClN4O. The first-order chi connectivity index (χ1) is 17.1. The van der Waals surface area contributed by atoms with Gasteiger partial charge in [-0.1, -0.05) is 90.0 Å². The molecule has 2 aliphatic heterocycles. The smallest absolute Gasteiger partial charge is 0.257 e. The molecule has 0 saturated carbocycles. The van der Waals surface area contributed by atoms with E-state index in [2.05, 4.69) is 71.3 Å². The Hall–Kier alpha value is -2.99. The predicted octanol–water partition coefficient (Wildman–Crippen LogP) is 5.14. The summed E-state index contributed by atoms with van der Waals surface area (Å²) < 4.78 is 0. The molecule has 6 heteroatoms. The Morgan fingerprint density at radius 3 is 2.26 bits per heavy atom. The van der Waals surface area contributed by atoms with Gasteiger partial charge in [-0.05, 0) is 24.1 Å². The first-order valence-corrected chi connectivity index (χ1v) is 12.6. The molecule has 2 aliphatic rings. The largest absolute Gasteiger partial charge is 0.297 e. The van der Waals surface area contributed by atoms with Gasteiger partial charge in [0.05, 0.1) is 18.3 Å². The fourth-order valence-electron chi connectivity index (χ4n) is 4.86. The molecule has 35 heavy (non-hydrogen) atoms. The summed E-state index contributed by atoms with van der Waals surface area (Å²) in [7, 11) is 0. The molecule has 2 heterocycles. The lowest BCUT2D eigenvalue weighted by atomic mass is 9.97. The Labute approximate surface area is 212 Å². The Morgan fingerprint density at radius 1 is 0.886 bits per heavy atom. The Balaban J connectivity index is 1.28. The normalized spacial score (nSPS) is 19.1. The number of hydrogen-bond acceptors (Lipinski definition) is 4. The summed E-state index contributed by atoms with van der Waals surface area (Å²) in [5.74, 6) is 0.0362. The maximum Gasteiger partial charge on any atom is 0.257 e. The van der Waals surface area contributed by atoms with Gasteiger partial charge in [0.25, 0.3) is 5.91 Å². The third-order valence-corrected chi connectivity index (χ3v) is 7.22. The fraction of sp³-hybridized carbons (Fsp3) is 0.310. The van der Waals surface area contributed by atoms with Crippen molar-refractivity contribution in [3.8, 4) is 0 Å². The molecular weight excluding hydrogens is 456 g/mol. The molecule has 0 spiro atoms. The van der Waals surface area contributed by atoms with Gasteiger partial charge < -0.3 is 0 Å². The molecule has 0 N–H and O–H groups in total. The quantitative estimate of drug-likeness (QED) is 0.484. The van der Waals surface area contributed by atoms with Gasteiger partial charge in [-0.3, -0.25) is 14.6 Å². The summed E-state index contributed by atoms with van der Waals surface area (Å²) >= 11 is 6.48. The number of rotatable bonds is 6. The van der Waals surface area contributed by atoms with Gasteiger partial charge in [-0.15, -0.1) is 0 Å². The second kappa shape index (κ2) is 10.7. The molecule has 5 rings (SSSR count). The molecule has 0 aliphatic carbocycles. The fourth-order valence-corrected chi connectivity index (χ4v) is 5.10. The van der Waals surface area contributed by atoms with Crippen molar-refractivity contribution in [2.24, 2.45) is 5.10 Å². The van der Waals surface area contributed by atoms with Crippen LogP contribution in [0.3, 0.4) is 0 Å². The Morgan fingerprint density at radius 2 is 1.54 bits per heavy atom. The van der Waals surface area contributed by atoms with Crippen LogP contribution in [0, 0.1) is 6.92 Å². The zero-order chi connectivity index (χ0) is 24.2. The Bertz CT molecular complexity index is 1190. The van der Waals surface area contributed by atoms with E-state index < -0.39 is 0 Å². The number of hydrogen-bond donors (Lipinski definition) is 0. The predicted molar refractivity (Wildman–Crippen MR) is 142 cm³/mol. The van der Waals surface area contributed by atoms with Crippen molar-refractivity contribution in [3.63, 3.8) is 0 Å². The van der Waals surface area contributed by atoms with Crippen LogP contribution in [0.4, 0.5) is 0 Å². The second-order valence-corrected chi connectivity index (χ2v) is 9.84. The zero-order valence-corrected chi connectivity index (χ0v) is 20.9. The molecule has 0 unspecified atom stereocenters. The van der Waals surface area contributed by atoms with Crippen LogP contribution in [0.5, 0.6) is 0 Å². The summed E-state index contributed by atoms with van der Waals surface area (Å²) in [6.07, 6.45) is 0.656. The van der Waals surface area contributed by atoms with Crippen LogP contribution in [0.15, 0.2) is 84.0 Å². The van der Waals surface area contributed by atoms with Crippen LogP contribution in [-0.2, 0) is 11.3 Å². The number of carbonyl (C=O) groups excluding carboxylic acids is 1. The van der Waals surface area contributed by atoms with Crippen LogP contribution in [0.25, 0.3) is 0 Å². The maximum atomic E-state index is 13.5. The van der Waals surface area contributed by atoms with Gasteiger partial charge in [-0.25, -0.2) is 5.01 Å². The van der Waals surface area contributed by atoms with Crippen molar-refractivity contribution < 1.29 is 4.79 Å². The summed E-state index contributed by atoms with van der Waals surface area (Å²) in [5, 5.41) is 7.17. The minimum absolute atomic E-state index is 0.0362. The number of halogens is 1. The molecule has 1 amide bonds. The van der Waals surface area contributed by atoms with Gasteiger partial charge in [0.1, 0.15) is 0 Å². The van der Waals surface area contributed by atoms with Gasteiger partial charge >= 0.3 is 0 Å². The van der Waals surface area contributed by atoms with Crippen LogP contribution in [0.2, 0.25) is 5.02 Å². The van der Waals surface area contributed by atoms with Crippen LogP contribution in [-0.4, -0.2) is 59.2 Å². The Kier molecular flexibility index (Phi) is 7.28. The molecule has 3 aromatic rings. The number of amides is 1. The van der Waals surface area contributed by atoms with Gasteiger partial charge in [0, 0.05) is 49.7 Å². The van der Waals surface area contributed by atoms with E-state index in [9.17, 15) is 4.79 Å². The van der Waals surface area contributed by atoms with E-state index in [1.54, 1.807) is 5.01 Å². The van der Waals surface area contributed by atoms with Crippen molar-refractivity contribution in [2.75, 3.05) is 32.7 Å². The van der Waals surface area contributed by atoms with E-state index >= 15 is 0 Å². The summed E-state index contributed by atoms with van der Waals surface area (Å²) in [4.78, 5) is 18.2. The number of carbonyl (C=O) groups is 1. The van der Waals surface area contributed by atoms with E-state index in [4.69, 9.17) is 16.7 Å². The lowest BCUT2D eigenvalue weighted by Crippen LogP contribution is -2.49. The topological polar surface area (TPSA) is 39.2 Å². The molecule has 3 aromatic carbocycles. The van der Waals surface area contributed by atoms with Crippen molar-refractivity contribution in [2.45, 2.75) is 25.9 Å². The van der Waals surface area contributed by atoms with Crippen molar-refractivity contribution in [3.05, 3.63) is 106 Å². The summed E-state index contributed by atoms with van der Waals surface area (Å²) in [5.41, 5.74) is 5.39. The number of hydrazone groups is 1. The molecule has 1 fully saturated rings. The first-order valence-electron chi connectivity index (χ1n) is 12.3. The third-order valence-electron chi connectivity index (χ3n) is 6.89. The summed E-state index contributed by atoms with van der Waals surface area (Å²) in [6, 6.07) is 26.6. The maximum absolute atomic E-state index is 13.5. The second-order valence-electron chi connectivity index (χ2n) is 9.43. The highest BCUT2D eigenvalue weighted by Gasteiger charge is 2.34. The van der Waals surface area contributed by atoms with Crippen LogP contribution in [0.1, 0.15) is 34.7 Å². The number of aryl methyl sites for hydroxylation is 1. The lowest BCUT2D eigenvalue weighted by molar-refractivity contribution is -0.134. The molecule has 1 saturated heterocycles. The first kappa shape index (κ1) is 23.7. The number of benzene rings is 3. The molecule has 0 bridgehead atoms. The average Bonchev–Trinajstić information content (AvgIpc) is 3.32. The molecule has 1 atom stereocenters. The van der Waals surface area contributed by atoms with Crippen LogP contribution >= 0.6 is 11.6 Å². The SMILES string of the molecule is Cc1ccc([C@H]2CC(c3ccccc3Cl)=NN2C(=O)CN2CCN(Cc3ccccc3)CC2)cc1. The van der Waals surface area contributed by atoms with Crippen molar-refractivity contribution in [1.82, 2.24) is 14.8 Å². The van der Waals surface area contributed by atoms with Gasteiger partial charge in [0.15, 0.2) is 0 Å². The van der Waals surface area contributed by atoms with Crippen molar-refractivity contribution in [1.29, 1.82) is 0 Å². The number of nitrogens with zero attached hydrogens (tertiary/aromatic N) is 4. The monoisotopic (exact) mass is 486 g/mol. The average molecular weight is 487 g/mol. The zero-order valence-electron chi connectivity index (χ0n) is 20.1. The highest BCUT2D eigenvalue weighted by Crippen LogP contribution is 2.34. The highest BCUT2D eigenvalue weighted by atomic mass is 35.5. The van der Waals surface area contributed by atoms with Crippen molar-refractivity contribution >= 4 is 23.2 Å². The number of piperazine rings is 1. The molecule has 5 nitrogen and oxygen atoms in total. The molecule has 180 valence electrons. The van der Waals surface area contributed by atoms with Gasteiger partial charge in [-0.2, -0.15) is 5.10 Å². The van der Waals surface area contributed by atoms with E-state index in [0.717, 1.165) is 49.6 Å². The van der Waals surface area contributed by atoms with E-state index in [0.29, 0.717) is 18.0 Å². The van der Waals surface area contributed by atoms with E-state index in [1.165, 1.54) is 11.1 Å². The minimum atomic E-state index is -0.117. The van der Waals surface area contributed by atoms with E-state index in [-0.39, 0.29) is 11.9 Å². The lowest BCUT2D eigenvalue weighted by Gasteiger charge is -2.35. The molecule has 0 radical (unpaired) electrons. The summed E-state index contributed by atoms with van der Waals surface area (Å²) in [6.45, 7) is 7.07. The molecule has 0 aromatic heterocycles. The minimum Gasteiger partial charge on any atom is -0.297 e.